The van der Waals surface area contributed by atoms with E-state index in [1.165, 1.54) is 0 Å². The molecule has 2 rings (SSSR count). The normalized spacial score (nSPS) is 18.7. The van der Waals surface area contributed by atoms with Crippen LogP contribution < -0.4 is 10.6 Å². The summed E-state index contributed by atoms with van der Waals surface area (Å²) in [6.07, 6.45) is 1.47. The minimum atomic E-state index is -0.567. The van der Waals surface area contributed by atoms with Gasteiger partial charge in [-0.05, 0) is 38.0 Å². The first-order chi connectivity index (χ1) is 8.39. The highest BCUT2D eigenvalue weighted by atomic mass is 35.5. The van der Waals surface area contributed by atoms with Crippen LogP contribution in [0.15, 0.2) is 18.2 Å². The Morgan fingerprint density at radius 1 is 1.44 bits per heavy atom. The average molecular weight is 268 g/mol. The van der Waals surface area contributed by atoms with Crippen LogP contribution in [-0.4, -0.2) is 29.6 Å². The molecule has 18 heavy (non-hydrogen) atoms. The number of rotatable bonds is 2. The molecule has 0 spiro atoms. The van der Waals surface area contributed by atoms with E-state index in [-0.39, 0.29) is 5.84 Å². The molecular formula is C13H18ClN3O. The van der Waals surface area contributed by atoms with E-state index in [9.17, 15) is 5.11 Å². The monoisotopic (exact) mass is 267 g/mol. The third-order valence-corrected chi connectivity index (χ3v) is 3.74. The summed E-state index contributed by atoms with van der Waals surface area (Å²) in [4.78, 5) is 2.16. The number of benzene rings is 1. The molecule has 98 valence electrons. The van der Waals surface area contributed by atoms with Gasteiger partial charge in [0.15, 0.2) is 0 Å². The van der Waals surface area contributed by atoms with Gasteiger partial charge in [-0.25, -0.2) is 0 Å². The van der Waals surface area contributed by atoms with Crippen molar-refractivity contribution in [1.29, 1.82) is 5.41 Å². The zero-order chi connectivity index (χ0) is 13.3. The Bertz CT molecular complexity index is 463. The SMILES string of the molecule is CC1(O)CCN(c2ccc(C(=N)N)cc2Cl)CC1. The first kappa shape index (κ1) is 13.2. The number of aliphatic hydroxyl groups is 1. The van der Waals surface area contributed by atoms with Gasteiger partial charge in [-0.3, -0.25) is 5.41 Å². The van der Waals surface area contributed by atoms with Gasteiger partial charge in [0, 0.05) is 18.7 Å². The van der Waals surface area contributed by atoms with Crippen molar-refractivity contribution >= 4 is 23.1 Å². The van der Waals surface area contributed by atoms with Crippen molar-refractivity contribution < 1.29 is 5.11 Å². The Morgan fingerprint density at radius 3 is 2.56 bits per heavy atom. The third kappa shape index (κ3) is 2.76. The van der Waals surface area contributed by atoms with Crippen molar-refractivity contribution in [2.45, 2.75) is 25.4 Å². The van der Waals surface area contributed by atoms with Gasteiger partial charge < -0.3 is 15.7 Å². The van der Waals surface area contributed by atoms with Crippen molar-refractivity contribution in [3.8, 4) is 0 Å². The summed E-state index contributed by atoms with van der Waals surface area (Å²) in [5.74, 6) is 0.0185. The van der Waals surface area contributed by atoms with Gasteiger partial charge in [0.05, 0.1) is 16.3 Å². The number of anilines is 1. The van der Waals surface area contributed by atoms with Gasteiger partial charge >= 0.3 is 0 Å². The topological polar surface area (TPSA) is 73.3 Å². The zero-order valence-electron chi connectivity index (χ0n) is 10.4. The molecule has 1 heterocycles. The standard InChI is InChI=1S/C13H18ClN3O/c1-13(18)4-6-17(7-5-13)11-3-2-9(12(15)16)8-10(11)14/h2-3,8,18H,4-7H2,1H3,(H3,15,16). The number of nitrogens with zero attached hydrogens (tertiary/aromatic N) is 1. The minimum Gasteiger partial charge on any atom is -0.390 e. The Morgan fingerprint density at radius 2 is 2.06 bits per heavy atom. The van der Waals surface area contributed by atoms with Gasteiger partial charge in [0.2, 0.25) is 0 Å². The summed E-state index contributed by atoms with van der Waals surface area (Å²) in [6, 6.07) is 5.40. The average Bonchev–Trinajstić information content (AvgIpc) is 2.29. The largest absolute Gasteiger partial charge is 0.390 e. The smallest absolute Gasteiger partial charge is 0.122 e. The highest BCUT2D eigenvalue weighted by molar-refractivity contribution is 6.33. The molecule has 1 aromatic rings. The molecular weight excluding hydrogens is 250 g/mol. The molecule has 0 amide bonds. The molecule has 0 aliphatic carbocycles. The molecule has 1 aliphatic rings. The lowest BCUT2D eigenvalue weighted by Gasteiger charge is -2.37. The van der Waals surface area contributed by atoms with Crippen LogP contribution >= 0.6 is 11.6 Å². The number of hydrogen-bond donors (Lipinski definition) is 3. The number of nitrogens with two attached hydrogens (primary N) is 1. The lowest BCUT2D eigenvalue weighted by atomic mass is 9.93. The molecule has 0 saturated carbocycles. The second-order valence-electron chi connectivity index (χ2n) is 5.06. The lowest BCUT2D eigenvalue weighted by molar-refractivity contribution is 0.0351. The molecule has 0 bridgehead atoms. The minimum absolute atomic E-state index is 0.0185. The number of piperidine rings is 1. The summed E-state index contributed by atoms with van der Waals surface area (Å²) in [7, 11) is 0. The van der Waals surface area contributed by atoms with Gasteiger partial charge in [-0.1, -0.05) is 11.6 Å². The Balaban J connectivity index is 2.17. The van der Waals surface area contributed by atoms with E-state index in [1.807, 2.05) is 13.0 Å². The lowest BCUT2D eigenvalue weighted by Crippen LogP contribution is -2.42. The third-order valence-electron chi connectivity index (χ3n) is 3.44. The van der Waals surface area contributed by atoms with E-state index in [0.717, 1.165) is 31.6 Å². The fraction of sp³-hybridized carbons (Fsp3) is 0.462. The van der Waals surface area contributed by atoms with Crippen LogP contribution in [0.5, 0.6) is 0 Å². The summed E-state index contributed by atoms with van der Waals surface area (Å²) < 4.78 is 0. The molecule has 4 nitrogen and oxygen atoms in total. The van der Waals surface area contributed by atoms with E-state index >= 15 is 0 Å². The molecule has 0 aromatic heterocycles. The molecule has 0 radical (unpaired) electrons. The van der Waals surface area contributed by atoms with Crippen molar-refractivity contribution in [2.24, 2.45) is 5.73 Å². The maximum atomic E-state index is 9.92. The highest BCUT2D eigenvalue weighted by Crippen LogP contribution is 2.31. The highest BCUT2D eigenvalue weighted by Gasteiger charge is 2.28. The number of halogens is 1. The number of amidine groups is 1. The molecule has 4 N–H and O–H groups in total. The predicted octanol–water partition coefficient (Wildman–Crippen LogP) is 1.98. The van der Waals surface area contributed by atoms with Gasteiger partial charge in [-0.15, -0.1) is 0 Å². The van der Waals surface area contributed by atoms with E-state index in [2.05, 4.69) is 4.90 Å². The second-order valence-corrected chi connectivity index (χ2v) is 5.47. The van der Waals surface area contributed by atoms with Crippen LogP contribution in [0, 0.1) is 5.41 Å². The Hall–Kier alpha value is -1.26. The first-order valence-electron chi connectivity index (χ1n) is 6.00. The number of nitrogens with one attached hydrogen (secondary N) is 1. The molecule has 0 atom stereocenters. The molecule has 1 fully saturated rings. The maximum absolute atomic E-state index is 9.92. The van der Waals surface area contributed by atoms with Crippen molar-refractivity contribution in [1.82, 2.24) is 0 Å². The Labute approximate surface area is 112 Å². The quantitative estimate of drug-likeness (QED) is 0.567. The fourth-order valence-corrected chi connectivity index (χ4v) is 2.46. The van der Waals surface area contributed by atoms with Crippen LogP contribution in [-0.2, 0) is 0 Å². The number of nitrogen functional groups attached to an aromatic ring is 1. The van der Waals surface area contributed by atoms with Crippen LogP contribution in [0.3, 0.4) is 0 Å². The number of hydrogen-bond acceptors (Lipinski definition) is 3. The van der Waals surface area contributed by atoms with E-state index in [4.69, 9.17) is 22.7 Å². The van der Waals surface area contributed by atoms with Crippen molar-refractivity contribution in [2.75, 3.05) is 18.0 Å². The van der Waals surface area contributed by atoms with Crippen LogP contribution in [0.25, 0.3) is 0 Å². The van der Waals surface area contributed by atoms with Crippen molar-refractivity contribution in [3.05, 3.63) is 28.8 Å². The molecule has 1 aliphatic heterocycles. The molecule has 5 heteroatoms. The van der Waals surface area contributed by atoms with Gasteiger partial charge in [-0.2, -0.15) is 0 Å². The summed E-state index contributed by atoms with van der Waals surface area (Å²) in [6.45, 7) is 3.43. The molecule has 1 saturated heterocycles. The molecule has 1 aromatic carbocycles. The molecule has 0 unspecified atom stereocenters. The van der Waals surface area contributed by atoms with Crippen molar-refractivity contribution in [3.63, 3.8) is 0 Å². The maximum Gasteiger partial charge on any atom is 0.122 e. The summed E-state index contributed by atoms with van der Waals surface area (Å²) >= 11 is 6.22. The van der Waals surface area contributed by atoms with Crippen LogP contribution in [0.2, 0.25) is 5.02 Å². The predicted molar refractivity (Wildman–Crippen MR) is 74.5 cm³/mol. The van der Waals surface area contributed by atoms with Crippen LogP contribution in [0.1, 0.15) is 25.3 Å². The van der Waals surface area contributed by atoms with E-state index in [1.54, 1.807) is 12.1 Å². The van der Waals surface area contributed by atoms with E-state index < -0.39 is 5.60 Å². The van der Waals surface area contributed by atoms with Gasteiger partial charge in [0.25, 0.3) is 0 Å². The van der Waals surface area contributed by atoms with E-state index in [0.29, 0.717) is 10.6 Å². The summed E-state index contributed by atoms with van der Waals surface area (Å²) in [5.41, 5.74) is 6.43. The van der Waals surface area contributed by atoms with Crippen LogP contribution in [0.4, 0.5) is 5.69 Å². The summed E-state index contributed by atoms with van der Waals surface area (Å²) in [5, 5.41) is 17.9. The van der Waals surface area contributed by atoms with Gasteiger partial charge in [0.1, 0.15) is 5.84 Å². The zero-order valence-corrected chi connectivity index (χ0v) is 11.2. The fourth-order valence-electron chi connectivity index (χ4n) is 2.16. The Kier molecular flexibility index (Phi) is 3.50. The first-order valence-corrected chi connectivity index (χ1v) is 6.38. The second kappa shape index (κ2) is 4.78.